The second-order valence-corrected chi connectivity index (χ2v) is 5.59. The third kappa shape index (κ3) is 2.25. The van der Waals surface area contributed by atoms with Crippen LogP contribution in [0.2, 0.25) is 0 Å². The Morgan fingerprint density at radius 2 is 1.82 bits per heavy atom. The van der Waals surface area contributed by atoms with Crippen LogP contribution in [-0.4, -0.2) is 16.1 Å². The van der Waals surface area contributed by atoms with Gasteiger partial charge in [-0.3, -0.25) is 9.59 Å². The average Bonchev–Trinajstić information content (AvgIpc) is 2.88. The summed E-state index contributed by atoms with van der Waals surface area (Å²) in [5, 5.41) is 1.31. The molecule has 0 unspecified atom stereocenters. The molecule has 1 aromatic heterocycles. The molecule has 2 bridgehead atoms. The van der Waals surface area contributed by atoms with E-state index < -0.39 is 0 Å². The summed E-state index contributed by atoms with van der Waals surface area (Å²) >= 11 is 0. The largest absolute Gasteiger partial charge is 0.351 e. The van der Waals surface area contributed by atoms with E-state index in [-0.39, 0.29) is 11.6 Å². The summed E-state index contributed by atoms with van der Waals surface area (Å²) in [6.07, 6.45) is 2.07. The fourth-order valence-electron chi connectivity index (χ4n) is 2.86. The molecule has 0 N–H and O–H groups in total. The third-order valence-corrected chi connectivity index (χ3v) is 3.99. The molecule has 22 heavy (non-hydrogen) atoms. The number of rotatable bonds is 1. The van der Waals surface area contributed by atoms with Gasteiger partial charge in [-0.05, 0) is 49.1 Å². The number of carbonyl (C=O) groups excluding carboxylic acids is 2. The zero-order valence-corrected chi connectivity index (χ0v) is 12.9. The lowest BCUT2D eigenvalue weighted by molar-refractivity contribution is 0.0980. The fourth-order valence-corrected chi connectivity index (χ4v) is 2.86. The minimum atomic E-state index is -0.0258. The minimum absolute atomic E-state index is 0.0193. The Morgan fingerprint density at radius 1 is 1.09 bits per heavy atom. The number of hydrogen-bond acceptors (Lipinski definition) is 2. The van der Waals surface area contributed by atoms with Gasteiger partial charge in [-0.15, -0.1) is 0 Å². The summed E-state index contributed by atoms with van der Waals surface area (Å²) in [7, 11) is 2.06. The zero-order valence-electron chi connectivity index (χ0n) is 12.9. The van der Waals surface area contributed by atoms with Crippen molar-refractivity contribution in [3.05, 3.63) is 70.9 Å². The molecule has 0 radical (unpaired) electrons. The molecule has 0 aliphatic heterocycles. The Hall–Kier alpha value is -2.68. The molecule has 0 spiro atoms. The fraction of sp³-hybridized carbons (Fsp3) is 0.158. The van der Waals surface area contributed by atoms with Gasteiger partial charge in [0.1, 0.15) is 0 Å². The van der Waals surface area contributed by atoms with Gasteiger partial charge in [-0.1, -0.05) is 18.2 Å². The number of ketones is 2. The van der Waals surface area contributed by atoms with E-state index >= 15 is 0 Å². The number of fused-ring (bicyclic) bond motifs is 3. The van der Waals surface area contributed by atoms with Crippen molar-refractivity contribution in [3.8, 4) is 0 Å². The molecular formula is C19H17NO2. The monoisotopic (exact) mass is 291 g/mol. The van der Waals surface area contributed by atoms with Crippen LogP contribution >= 0.6 is 0 Å². The lowest BCUT2D eigenvalue weighted by Crippen LogP contribution is -2.19. The van der Waals surface area contributed by atoms with Gasteiger partial charge in [0, 0.05) is 35.5 Å². The standard InChI is InChI=1S/C10H8O2.C9H9N/c1-5-3-7-4-8(10(7)12)9(5)6(2)11;1-10-7-6-8-4-2-3-5-9(8)10/h3-4H,1-2H3;2-7H,1H3. The highest BCUT2D eigenvalue weighted by atomic mass is 16.1. The van der Waals surface area contributed by atoms with Gasteiger partial charge in [0.15, 0.2) is 11.6 Å². The minimum Gasteiger partial charge on any atom is -0.351 e. The Morgan fingerprint density at radius 3 is 2.41 bits per heavy atom. The highest BCUT2D eigenvalue weighted by Gasteiger charge is 2.27. The first-order chi connectivity index (χ1) is 10.5. The Balaban J connectivity index is 0.000000133. The molecule has 0 saturated heterocycles. The Kier molecular flexibility index (Phi) is 3.41. The van der Waals surface area contributed by atoms with Crippen LogP contribution in [0.25, 0.3) is 10.9 Å². The number of benzene rings is 2. The van der Waals surface area contributed by atoms with Crippen LogP contribution in [0.4, 0.5) is 0 Å². The van der Waals surface area contributed by atoms with Crippen LogP contribution < -0.4 is 0 Å². The lowest BCUT2D eigenvalue weighted by atomic mass is 9.82. The normalized spacial score (nSPS) is 11.7. The third-order valence-electron chi connectivity index (χ3n) is 3.99. The molecular weight excluding hydrogens is 274 g/mol. The summed E-state index contributed by atoms with van der Waals surface area (Å²) in [5.41, 5.74) is 4.12. The van der Waals surface area contributed by atoms with Gasteiger partial charge in [0.25, 0.3) is 0 Å². The number of aryl methyl sites for hydroxylation is 2. The molecule has 0 fully saturated rings. The molecule has 2 aliphatic carbocycles. The molecule has 0 atom stereocenters. The number of aromatic nitrogens is 1. The summed E-state index contributed by atoms with van der Waals surface area (Å²) in [6, 6.07) is 14.0. The van der Waals surface area contributed by atoms with Crippen molar-refractivity contribution in [2.75, 3.05) is 0 Å². The van der Waals surface area contributed by atoms with Crippen LogP contribution in [0.15, 0.2) is 48.7 Å². The maximum absolute atomic E-state index is 11.2. The predicted molar refractivity (Wildman–Crippen MR) is 87.5 cm³/mol. The second-order valence-electron chi connectivity index (χ2n) is 5.59. The molecule has 0 saturated carbocycles. The first kappa shape index (κ1) is 14.3. The van der Waals surface area contributed by atoms with Gasteiger partial charge < -0.3 is 4.57 Å². The molecule has 110 valence electrons. The van der Waals surface area contributed by atoms with Gasteiger partial charge in [-0.25, -0.2) is 0 Å². The van der Waals surface area contributed by atoms with Gasteiger partial charge >= 0.3 is 0 Å². The maximum Gasteiger partial charge on any atom is 0.193 e. The summed E-state index contributed by atoms with van der Waals surface area (Å²) < 4.78 is 2.12. The molecule has 5 rings (SSSR count). The van der Waals surface area contributed by atoms with E-state index in [1.54, 1.807) is 12.1 Å². The van der Waals surface area contributed by atoms with Gasteiger partial charge in [0.05, 0.1) is 0 Å². The van der Waals surface area contributed by atoms with Crippen molar-refractivity contribution in [2.45, 2.75) is 13.8 Å². The van der Waals surface area contributed by atoms with Gasteiger partial charge in [0.2, 0.25) is 0 Å². The average molecular weight is 291 g/mol. The zero-order chi connectivity index (χ0) is 15.9. The molecule has 2 aliphatic rings. The second kappa shape index (κ2) is 5.26. The van der Waals surface area contributed by atoms with Crippen LogP contribution in [0.1, 0.15) is 38.8 Å². The number of hydrogen-bond donors (Lipinski definition) is 0. The van der Waals surface area contributed by atoms with Crippen molar-refractivity contribution in [1.29, 1.82) is 0 Å². The smallest absolute Gasteiger partial charge is 0.193 e. The predicted octanol–water partition coefficient (Wildman–Crippen LogP) is 3.92. The van der Waals surface area contributed by atoms with E-state index in [0.29, 0.717) is 11.1 Å². The van der Waals surface area contributed by atoms with Crippen molar-refractivity contribution in [3.63, 3.8) is 0 Å². The van der Waals surface area contributed by atoms with Crippen molar-refractivity contribution in [2.24, 2.45) is 7.05 Å². The highest BCUT2D eigenvalue weighted by molar-refractivity contribution is 6.22. The quantitative estimate of drug-likeness (QED) is 0.499. The van der Waals surface area contributed by atoms with Crippen molar-refractivity contribution < 1.29 is 9.59 Å². The van der Waals surface area contributed by atoms with Crippen molar-refractivity contribution >= 4 is 22.5 Å². The van der Waals surface area contributed by atoms with Crippen molar-refractivity contribution in [1.82, 2.24) is 4.57 Å². The van der Waals surface area contributed by atoms with E-state index in [2.05, 4.69) is 48.1 Å². The number of para-hydroxylation sites is 1. The summed E-state index contributed by atoms with van der Waals surface area (Å²) in [5.74, 6) is -0.00657. The molecule has 3 nitrogen and oxygen atoms in total. The van der Waals surface area contributed by atoms with E-state index in [1.165, 1.54) is 17.8 Å². The van der Waals surface area contributed by atoms with E-state index in [0.717, 1.165) is 11.1 Å². The SMILES string of the molecule is CC(=O)c1c(C)cc2cc1C2=O.Cn1ccc2ccccc21. The Bertz CT molecular complexity index is 903. The Labute approximate surface area is 129 Å². The number of Topliss-reactive ketones (excluding diaryl/α,β-unsaturated/α-hetero) is 1. The first-order valence-electron chi connectivity index (χ1n) is 7.19. The highest BCUT2D eigenvalue weighted by Crippen LogP contribution is 2.28. The van der Waals surface area contributed by atoms with E-state index in [4.69, 9.17) is 0 Å². The topological polar surface area (TPSA) is 39.1 Å². The van der Waals surface area contributed by atoms with Gasteiger partial charge in [-0.2, -0.15) is 0 Å². The van der Waals surface area contributed by atoms with E-state index in [1.807, 2.05) is 6.92 Å². The van der Waals surface area contributed by atoms with Crippen LogP contribution in [-0.2, 0) is 7.05 Å². The maximum atomic E-state index is 11.2. The van der Waals surface area contributed by atoms with Crippen LogP contribution in [0.5, 0.6) is 0 Å². The molecule has 2 aromatic carbocycles. The summed E-state index contributed by atoms with van der Waals surface area (Å²) in [6.45, 7) is 3.35. The molecule has 1 heterocycles. The first-order valence-corrected chi connectivity index (χ1v) is 7.19. The van der Waals surface area contributed by atoms with E-state index in [9.17, 15) is 9.59 Å². The molecule has 3 heteroatoms. The molecule has 0 amide bonds. The van der Waals surface area contributed by atoms with Crippen LogP contribution in [0.3, 0.4) is 0 Å². The number of carbonyl (C=O) groups is 2. The molecule has 3 aromatic rings. The van der Waals surface area contributed by atoms with Crippen LogP contribution in [0, 0.1) is 6.92 Å². The lowest BCUT2D eigenvalue weighted by Gasteiger charge is -2.18. The summed E-state index contributed by atoms with van der Waals surface area (Å²) in [4.78, 5) is 22.3. The number of nitrogens with zero attached hydrogens (tertiary/aromatic N) is 1.